The maximum atomic E-state index is 14.5. The number of nitrogens with zero attached hydrogens (tertiary/aromatic N) is 2. The van der Waals surface area contributed by atoms with Crippen molar-refractivity contribution in [3.63, 3.8) is 0 Å². The number of carbonyl (C=O) groups is 1. The summed E-state index contributed by atoms with van der Waals surface area (Å²) in [7, 11) is 0. The monoisotopic (exact) mass is 489 g/mol. The molecule has 0 fully saturated rings. The summed E-state index contributed by atoms with van der Waals surface area (Å²) >= 11 is 0.918. The number of benzene rings is 3. The van der Waals surface area contributed by atoms with Crippen LogP contribution in [0.15, 0.2) is 82.7 Å². The topological polar surface area (TPSA) is 73.2 Å². The summed E-state index contributed by atoms with van der Waals surface area (Å²) in [5.41, 5.74) is 0.147. The van der Waals surface area contributed by atoms with Crippen LogP contribution in [-0.2, 0) is 4.79 Å². The van der Waals surface area contributed by atoms with Crippen LogP contribution < -0.4 is 15.6 Å². The van der Waals surface area contributed by atoms with Crippen LogP contribution in [0.2, 0.25) is 0 Å². The third kappa shape index (κ3) is 5.37. The average molecular weight is 489 g/mol. The highest BCUT2D eigenvalue weighted by molar-refractivity contribution is 7.99. The van der Waals surface area contributed by atoms with Crippen molar-refractivity contribution in [2.75, 3.05) is 11.1 Å². The van der Waals surface area contributed by atoms with Gasteiger partial charge < -0.3 is 10.1 Å². The standard InChI is InChI=1S/C23H15F4N3O3S/c24-17-6-2-4-8-19(17)30-21(32)16-5-1-3-7-18(16)29-22(30)34-13-20(31)28-14-9-11-15(12-10-14)33-23(25,26)27/h1-12H,13H2,(H,28,31). The minimum absolute atomic E-state index is 0.00563. The summed E-state index contributed by atoms with van der Waals surface area (Å²) in [5.74, 6) is -1.75. The third-order valence-corrected chi connectivity index (χ3v) is 5.48. The molecule has 0 atom stereocenters. The van der Waals surface area contributed by atoms with Gasteiger partial charge >= 0.3 is 6.36 Å². The molecule has 0 aliphatic carbocycles. The predicted octanol–water partition coefficient (Wildman–Crippen LogP) is 5.15. The molecule has 0 aliphatic rings. The van der Waals surface area contributed by atoms with Crippen molar-refractivity contribution in [3.8, 4) is 11.4 Å². The first kappa shape index (κ1) is 23.3. The van der Waals surface area contributed by atoms with Gasteiger partial charge in [-0.15, -0.1) is 13.2 Å². The van der Waals surface area contributed by atoms with Crippen LogP contribution in [0.3, 0.4) is 0 Å². The lowest BCUT2D eigenvalue weighted by Crippen LogP contribution is -2.23. The molecule has 0 aliphatic heterocycles. The lowest BCUT2D eigenvalue weighted by Gasteiger charge is -2.14. The zero-order chi connectivity index (χ0) is 24.3. The van der Waals surface area contributed by atoms with E-state index in [9.17, 15) is 27.2 Å². The van der Waals surface area contributed by atoms with Gasteiger partial charge in [-0.05, 0) is 48.5 Å². The highest BCUT2D eigenvalue weighted by Gasteiger charge is 2.31. The molecule has 4 rings (SSSR count). The zero-order valence-electron chi connectivity index (χ0n) is 17.2. The molecule has 1 heterocycles. The number of ether oxygens (including phenoxy) is 1. The van der Waals surface area contributed by atoms with Crippen molar-refractivity contribution >= 4 is 34.3 Å². The Hall–Kier alpha value is -3.86. The fourth-order valence-corrected chi connectivity index (χ4v) is 3.93. The minimum Gasteiger partial charge on any atom is -0.406 e. The number of rotatable bonds is 6. The van der Waals surface area contributed by atoms with Crippen molar-refractivity contribution in [2.45, 2.75) is 11.5 Å². The fraction of sp³-hybridized carbons (Fsp3) is 0.0870. The maximum Gasteiger partial charge on any atom is 0.573 e. The maximum absolute atomic E-state index is 14.5. The molecule has 11 heteroatoms. The number of alkyl halides is 3. The van der Waals surface area contributed by atoms with E-state index in [1.165, 1.54) is 30.3 Å². The highest BCUT2D eigenvalue weighted by atomic mass is 32.2. The van der Waals surface area contributed by atoms with E-state index in [2.05, 4.69) is 15.0 Å². The smallest absolute Gasteiger partial charge is 0.406 e. The second-order valence-corrected chi connectivity index (χ2v) is 7.86. The SMILES string of the molecule is O=C(CSc1nc2ccccc2c(=O)n1-c1ccccc1F)Nc1ccc(OC(F)(F)F)cc1. The van der Waals surface area contributed by atoms with E-state index in [-0.39, 0.29) is 22.3 Å². The number of halogens is 4. The van der Waals surface area contributed by atoms with Gasteiger partial charge in [0.05, 0.1) is 22.3 Å². The van der Waals surface area contributed by atoms with Crippen molar-refractivity contribution in [1.82, 2.24) is 9.55 Å². The predicted molar refractivity (Wildman–Crippen MR) is 120 cm³/mol. The Balaban J connectivity index is 1.56. The summed E-state index contributed by atoms with van der Waals surface area (Å²) in [6, 6.07) is 16.9. The molecule has 3 aromatic carbocycles. The first-order valence-corrected chi connectivity index (χ1v) is 10.7. The van der Waals surface area contributed by atoms with E-state index in [4.69, 9.17) is 0 Å². The molecule has 0 saturated carbocycles. The molecule has 0 bridgehead atoms. The summed E-state index contributed by atoms with van der Waals surface area (Å²) in [5, 5.41) is 2.94. The van der Waals surface area contributed by atoms with E-state index in [1.807, 2.05) is 0 Å². The first-order chi connectivity index (χ1) is 16.2. The molecule has 1 amide bonds. The average Bonchev–Trinajstić information content (AvgIpc) is 2.79. The van der Waals surface area contributed by atoms with E-state index in [1.54, 1.807) is 30.3 Å². The second kappa shape index (κ2) is 9.56. The number of thioether (sulfide) groups is 1. The molecule has 0 radical (unpaired) electrons. The van der Waals surface area contributed by atoms with Crippen molar-refractivity contribution in [2.24, 2.45) is 0 Å². The molecule has 1 N–H and O–H groups in total. The molecule has 4 aromatic rings. The number of nitrogens with one attached hydrogen (secondary N) is 1. The van der Waals surface area contributed by atoms with Crippen molar-refractivity contribution in [1.29, 1.82) is 0 Å². The van der Waals surface area contributed by atoms with Crippen LogP contribution in [0.25, 0.3) is 16.6 Å². The van der Waals surface area contributed by atoms with Gasteiger partial charge in [0.1, 0.15) is 11.6 Å². The van der Waals surface area contributed by atoms with Gasteiger partial charge in [0, 0.05) is 5.69 Å². The molecule has 6 nitrogen and oxygen atoms in total. The Morgan fingerprint density at radius 3 is 2.38 bits per heavy atom. The Morgan fingerprint density at radius 1 is 1.00 bits per heavy atom. The summed E-state index contributed by atoms with van der Waals surface area (Å²) in [4.78, 5) is 30.0. The minimum atomic E-state index is -4.82. The summed E-state index contributed by atoms with van der Waals surface area (Å²) in [6.07, 6.45) is -4.82. The highest BCUT2D eigenvalue weighted by Crippen LogP contribution is 2.25. The number of hydrogen-bond acceptors (Lipinski definition) is 5. The van der Waals surface area contributed by atoms with E-state index >= 15 is 0 Å². The quantitative estimate of drug-likeness (QED) is 0.230. The van der Waals surface area contributed by atoms with Gasteiger partial charge in [-0.1, -0.05) is 36.0 Å². The van der Waals surface area contributed by atoms with Gasteiger partial charge in [-0.25, -0.2) is 9.37 Å². The van der Waals surface area contributed by atoms with E-state index in [0.29, 0.717) is 10.9 Å². The molecular weight excluding hydrogens is 474 g/mol. The Kier molecular flexibility index (Phi) is 6.55. The lowest BCUT2D eigenvalue weighted by atomic mass is 10.2. The second-order valence-electron chi connectivity index (χ2n) is 6.91. The lowest BCUT2D eigenvalue weighted by molar-refractivity contribution is -0.274. The van der Waals surface area contributed by atoms with Crippen LogP contribution in [0, 0.1) is 5.82 Å². The summed E-state index contributed by atoms with van der Waals surface area (Å²) in [6.45, 7) is 0. The molecule has 0 saturated heterocycles. The molecule has 1 aromatic heterocycles. The number of hydrogen-bond donors (Lipinski definition) is 1. The fourth-order valence-electron chi connectivity index (χ4n) is 3.12. The largest absolute Gasteiger partial charge is 0.573 e. The van der Waals surface area contributed by atoms with Gasteiger partial charge in [0.2, 0.25) is 5.91 Å². The third-order valence-electron chi connectivity index (χ3n) is 4.54. The molecule has 34 heavy (non-hydrogen) atoms. The van der Waals surface area contributed by atoms with Crippen LogP contribution in [0.1, 0.15) is 0 Å². The Bertz CT molecular complexity index is 1410. The molecule has 0 spiro atoms. The zero-order valence-corrected chi connectivity index (χ0v) is 18.0. The van der Waals surface area contributed by atoms with Crippen LogP contribution in [-0.4, -0.2) is 27.6 Å². The first-order valence-electron chi connectivity index (χ1n) is 9.76. The van der Waals surface area contributed by atoms with Crippen molar-refractivity contribution < 1.29 is 27.1 Å². The number of amides is 1. The van der Waals surface area contributed by atoms with Crippen molar-refractivity contribution in [3.05, 3.63) is 89.0 Å². The Morgan fingerprint density at radius 2 is 1.68 bits per heavy atom. The van der Waals surface area contributed by atoms with Gasteiger partial charge in [0.15, 0.2) is 5.16 Å². The number of anilines is 1. The number of aromatic nitrogens is 2. The number of fused-ring (bicyclic) bond motifs is 1. The van der Waals surface area contributed by atoms with Gasteiger partial charge in [-0.3, -0.25) is 14.2 Å². The molecule has 174 valence electrons. The molecule has 0 unspecified atom stereocenters. The van der Waals surface area contributed by atoms with Crippen LogP contribution >= 0.6 is 11.8 Å². The van der Waals surface area contributed by atoms with Gasteiger partial charge in [-0.2, -0.15) is 0 Å². The van der Waals surface area contributed by atoms with Crippen LogP contribution in [0.4, 0.5) is 23.2 Å². The van der Waals surface area contributed by atoms with E-state index < -0.39 is 29.4 Å². The normalized spacial score (nSPS) is 11.4. The van der Waals surface area contributed by atoms with Gasteiger partial charge in [0.25, 0.3) is 5.56 Å². The van der Waals surface area contributed by atoms with Crippen LogP contribution in [0.5, 0.6) is 5.75 Å². The Labute approximate surface area is 194 Å². The van der Waals surface area contributed by atoms with E-state index in [0.717, 1.165) is 28.5 Å². The number of carbonyl (C=O) groups excluding carboxylic acids is 1. The number of para-hydroxylation sites is 2. The molecular formula is C23H15F4N3O3S. The summed E-state index contributed by atoms with van der Waals surface area (Å²) < 4.78 is 56.2.